The minimum Gasteiger partial charge on any atom is -0.490 e. The van der Waals surface area contributed by atoms with Crippen LogP contribution in [0.2, 0.25) is 0 Å². The van der Waals surface area contributed by atoms with Gasteiger partial charge in [-0.15, -0.1) is 0 Å². The number of carbonyl (C=O) groups excluding carboxylic acids is 6. The van der Waals surface area contributed by atoms with E-state index >= 15 is 0 Å². The number of amides is 5. The zero-order valence-corrected chi connectivity index (χ0v) is 87.8. The van der Waals surface area contributed by atoms with Gasteiger partial charge in [0, 0.05) is 163 Å². The lowest BCUT2D eigenvalue weighted by Crippen LogP contribution is -2.49. The first-order valence-electron chi connectivity index (χ1n) is 52.1. The number of Topliss-reactive ketones (excluding diaryl/α,β-unsaturated/α-hetero) is 1. The van der Waals surface area contributed by atoms with Crippen molar-refractivity contribution in [1.29, 1.82) is 0 Å². The molecule has 3 saturated carbocycles. The van der Waals surface area contributed by atoms with Gasteiger partial charge in [0.2, 0.25) is 11.8 Å². The van der Waals surface area contributed by atoms with Crippen LogP contribution in [0, 0.1) is 56.3 Å². The number of nitrogens with zero attached hydrogens (tertiary/aromatic N) is 10. The molecule has 15 atom stereocenters. The summed E-state index contributed by atoms with van der Waals surface area (Å²) >= 11 is 0. The number of methoxy groups -OCH3 is 3. The van der Waals surface area contributed by atoms with Crippen LogP contribution in [0.1, 0.15) is 223 Å². The molecular formula is C114H148N10O15S3. The summed E-state index contributed by atoms with van der Waals surface area (Å²) in [7, 11) is 1.16. The second-order valence-electron chi connectivity index (χ2n) is 42.6. The Morgan fingerprint density at radius 2 is 0.782 bits per heavy atom. The molecule has 7 heterocycles. The molecule has 3 spiro atoms. The number of benzene rings is 6. The predicted molar refractivity (Wildman–Crippen MR) is 563 cm³/mol. The lowest BCUT2D eigenvalue weighted by Gasteiger charge is -2.46. The fourth-order valence-corrected chi connectivity index (χ4v) is 30.1. The molecule has 0 radical (unpaired) electrons. The number of ketones is 1. The molecule has 19 rings (SSSR count). The maximum absolute atomic E-state index is 14.4. The molecule has 1 aromatic heterocycles. The molecule has 3 fully saturated rings. The smallest absolute Gasteiger partial charge is 0.285 e. The molecule has 12 aliphatic rings. The van der Waals surface area contributed by atoms with Gasteiger partial charge in [0.05, 0.1) is 90.1 Å². The lowest BCUT2D eigenvalue weighted by atomic mass is 9.68. The molecule has 0 unspecified atom stereocenters. The third-order valence-corrected chi connectivity index (χ3v) is 39.4. The number of anilines is 3. The van der Waals surface area contributed by atoms with Crippen LogP contribution in [-0.4, -0.2) is 228 Å². The molecule has 142 heavy (non-hydrogen) atoms. The summed E-state index contributed by atoms with van der Waals surface area (Å²) in [6.45, 7) is 17.8. The number of aryl methyl sites for hydroxylation is 8. The van der Waals surface area contributed by atoms with E-state index in [4.69, 9.17) is 28.4 Å². The van der Waals surface area contributed by atoms with Crippen molar-refractivity contribution in [2.45, 2.75) is 217 Å². The average molecular weight is 1990 g/mol. The Labute approximate surface area is 842 Å². The van der Waals surface area contributed by atoms with Crippen LogP contribution >= 0.6 is 0 Å². The van der Waals surface area contributed by atoms with E-state index in [2.05, 4.69) is 145 Å². The fraction of sp³-hybridized carbons (Fsp3) is 0.553. The Kier molecular flexibility index (Phi) is 32.6. The summed E-state index contributed by atoms with van der Waals surface area (Å²) in [5.74, 6) is 2.19. The van der Waals surface area contributed by atoms with E-state index < -0.39 is 46.9 Å². The molecule has 5 amide bonds. The van der Waals surface area contributed by atoms with Crippen molar-refractivity contribution in [3.05, 3.63) is 230 Å². The summed E-state index contributed by atoms with van der Waals surface area (Å²) in [6.07, 6.45) is 35.3. The van der Waals surface area contributed by atoms with Gasteiger partial charge in [-0.25, -0.2) is 12.6 Å². The number of carbonyl (C=O) groups is 6. The zero-order chi connectivity index (χ0) is 99.8. The van der Waals surface area contributed by atoms with Gasteiger partial charge in [-0.2, -0.15) is 18.2 Å². The molecule has 6 aliphatic heterocycles. The summed E-state index contributed by atoms with van der Waals surface area (Å²) in [4.78, 5) is 90.8. The van der Waals surface area contributed by atoms with E-state index in [1.807, 2.05) is 63.4 Å². The van der Waals surface area contributed by atoms with Crippen LogP contribution in [-0.2, 0) is 107 Å². The third kappa shape index (κ3) is 23.2. The van der Waals surface area contributed by atoms with Gasteiger partial charge in [0.25, 0.3) is 17.7 Å². The van der Waals surface area contributed by atoms with Crippen molar-refractivity contribution in [3.63, 3.8) is 0 Å². The zero-order valence-electron chi connectivity index (χ0n) is 85.3. The summed E-state index contributed by atoms with van der Waals surface area (Å²) in [6, 6.07) is 38.9. The van der Waals surface area contributed by atoms with E-state index in [-0.39, 0.29) is 93.1 Å². The molecule has 6 aromatic carbocycles. The minimum atomic E-state index is -3.15. The van der Waals surface area contributed by atoms with E-state index in [1.165, 1.54) is 59.9 Å². The van der Waals surface area contributed by atoms with Crippen molar-refractivity contribution >= 4 is 81.6 Å². The van der Waals surface area contributed by atoms with Crippen LogP contribution in [0.25, 0.3) is 0 Å². The van der Waals surface area contributed by atoms with Gasteiger partial charge in [0.1, 0.15) is 34.5 Å². The van der Waals surface area contributed by atoms with Crippen molar-refractivity contribution < 1.29 is 69.8 Å². The lowest BCUT2D eigenvalue weighted by molar-refractivity contribution is -0.127. The third-order valence-electron chi connectivity index (χ3n) is 33.0. The number of hydrogen-bond donors (Lipinski definition) is 0. The minimum absolute atomic E-state index is 0.00318. The van der Waals surface area contributed by atoms with Crippen LogP contribution in [0.3, 0.4) is 0 Å². The SMILES string of the molecule is CCN(C)C(=O)C[S@@]1(=O)=NC(=O)c2ccc3c(c2)N(C[C@@H]2CC[C@H]2[C@@H](OC)/C=C/CCC1)C[C@@]1(CCCc2cc(C)ccc21)CO3.CCN(C)C(=O)C[S@]1(=O)=NC(=O)c2ccc3c(c2)N(C[C@@H]2CC[C@H]2[C@@H](OC)/C=C/CCC1)C[C@@]1(CCCc2cc(C)ccc21)CO3.CO[C@H]1/C=C/CCC[S@@](=O)(CC(=O)CCc2ccnn2C)=NC(=O)c2ccc3c(c2)N(C[C@@H]2CC[C@H]21)C[C@@]1(CCCc2cc(C)ccc21)CO3. The maximum Gasteiger partial charge on any atom is 0.285 e. The Morgan fingerprint density at radius 1 is 0.444 bits per heavy atom. The molecule has 0 saturated heterocycles. The van der Waals surface area contributed by atoms with Gasteiger partial charge < -0.3 is 52.9 Å². The number of hydrogen-bond acceptors (Lipinski definition) is 19. The van der Waals surface area contributed by atoms with Gasteiger partial charge in [-0.1, -0.05) is 108 Å². The standard InChI is InChI=1S/C40H50N4O5S.2C37H49N3O5S/c1-28-10-16-35-29(22-28)8-7-19-40(35)26-44-24-31-11-15-34(31)37(48-3)9-5-4-6-21-50(47,25-33(45)14-13-32-18-20-41-43(32)2)42-39(46)30-12-17-38(49-27-40)36(44)23-30;2*1-5-39(3)35(41)23-46(43)19-8-6-7-11-33(44-4)30-15-13-29(30)22-40-24-37(18-9-10-27-20-26(2)12-16-31(27)37)25-45-34-17-14-28(21-32(34)40)36(42)38-46/h5,9-10,12,16-18,20,22-23,31,34,37H,4,6-8,11,13-15,19,21,24-27H2,1-3H3;2*7,11-12,14,16-17,20-21,29-30,33H,5-6,8-10,13,15,18-19,22-25H2,1-4H3/b9-5+;2*11-7+/t31-,34+,37-,40-,50+;29-,30+,33-,37-,46+;29-,30+,33-,37-,46-/m000/s1. The Hall–Kier alpha value is -10.1. The quantitative estimate of drug-likeness (QED) is 0.0914. The highest BCUT2D eigenvalue weighted by Gasteiger charge is 2.50. The first-order valence-corrected chi connectivity index (χ1v) is 57.7. The van der Waals surface area contributed by atoms with Crippen molar-refractivity contribution in [3.8, 4) is 17.2 Å². The van der Waals surface area contributed by atoms with Crippen molar-refractivity contribution in [2.75, 3.05) is 157 Å². The molecule has 762 valence electrons. The number of allylic oxidation sites excluding steroid dienone is 3. The highest BCUT2D eigenvalue weighted by atomic mass is 32.2. The number of aromatic nitrogens is 2. The molecule has 6 aliphatic carbocycles. The van der Waals surface area contributed by atoms with Gasteiger partial charge in [-0.3, -0.25) is 33.4 Å². The van der Waals surface area contributed by atoms with Crippen LogP contribution in [0.15, 0.2) is 171 Å². The monoisotopic (exact) mass is 1990 g/mol. The average Bonchev–Trinajstić information content (AvgIpc) is 1.47. The fourth-order valence-electron chi connectivity index (χ4n) is 24.3. The molecular weight excluding hydrogens is 1850 g/mol. The normalized spacial score (nSPS) is 29.6. The molecule has 7 aromatic rings. The number of fused-ring (bicyclic) bond motifs is 12. The Bertz CT molecular complexity index is 6120. The summed E-state index contributed by atoms with van der Waals surface area (Å²) in [5, 5.41) is 4.18. The highest BCUT2D eigenvalue weighted by Crippen LogP contribution is 2.52. The Balaban J connectivity index is 0.000000147. The second kappa shape index (κ2) is 44.9. The summed E-state index contributed by atoms with van der Waals surface area (Å²) in [5.41, 5.74) is 16.3. The summed E-state index contributed by atoms with van der Waals surface area (Å²) < 4.78 is 95.5. The number of ether oxygens (including phenoxy) is 6. The van der Waals surface area contributed by atoms with Crippen LogP contribution in [0.5, 0.6) is 17.2 Å². The van der Waals surface area contributed by atoms with Gasteiger partial charge in [-0.05, 0) is 305 Å². The van der Waals surface area contributed by atoms with E-state index in [9.17, 15) is 41.4 Å². The van der Waals surface area contributed by atoms with Crippen LogP contribution in [0.4, 0.5) is 17.1 Å². The number of rotatable bonds is 14. The van der Waals surface area contributed by atoms with E-state index in [0.29, 0.717) is 130 Å². The molecule has 0 N–H and O–H groups in total. The predicted octanol–water partition coefficient (Wildman–Crippen LogP) is 18.3. The largest absolute Gasteiger partial charge is 0.490 e. The first-order chi connectivity index (χ1) is 68.4. The molecule has 25 nitrogen and oxygen atoms in total. The van der Waals surface area contributed by atoms with Gasteiger partial charge >= 0.3 is 0 Å². The molecule has 28 heteroatoms. The van der Waals surface area contributed by atoms with E-state index in [1.54, 1.807) is 64.5 Å². The van der Waals surface area contributed by atoms with E-state index in [0.717, 1.165) is 176 Å². The Morgan fingerprint density at radius 3 is 1.08 bits per heavy atom. The maximum atomic E-state index is 14.4. The second-order valence-corrected chi connectivity index (χ2v) is 49.9. The van der Waals surface area contributed by atoms with Crippen molar-refractivity contribution in [2.24, 2.45) is 55.6 Å². The first kappa shape index (κ1) is 103. The van der Waals surface area contributed by atoms with Crippen LogP contribution < -0.4 is 28.9 Å². The topological polar surface area (TPSA) is 280 Å². The van der Waals surface area contributed by atoms with Gasteiger partial charge in [0.15, 0.2) is 0 Å². The van der Waals surface area contributed by atoms with Crippen molar-refractivity contribution in [1.82, 2.24) is 19.6 Å². The highest BCUT2D eigenvalue weighted by molar-refractivity contribution is 7.95. The molecule has 6 bridgehead atoms.